The first-order valence-corrected chi connectivity index (χ1v) is 17.2. The van der Waals surface area contributed by atoms with Crippen LogP contribution in [0.3, 0.4) is 0 Å². The molecule has 0 radical (unpaired) electrons. The average Bonchev–Trinajstić information content (AvgIpc) is 3.06. The number of carbonyl (C=O) groups is 6. The van der Waals surface area contributed by atoms with Gasteiger partial charge in [-0.25, -0.2) is 4.79 Å². The summed E-state index contributed by atoms with van der Waals surface area (Å²) >= 11 is 0. The zero-order valence-electron chi connectivity index (χ0n) is 28.7. The van der Waals surface area contributed by atoms with Crippen LogP contribution in [-0.2, 0) is 38.2 Å². The van der Waals surface area contributed by atoms with Gasteiger partial charge < -0.3 is 36.9 Å². The van der Waals surface area contributed by atoms with Crippen molar-refractivity contribution in [3.8, 4) is 0 Å². The third-order valence-corrected chi connectivity index (χ3v) is 7.48. The maximum absolute atomic E-state index is 13.3. The number of carbonyl (C=O) groups excluding carboxylic acids is 6. The predicted octanol–water partition coefficient (Wildman–Crippen LogP) is 3.17. The summed E-state index contributed by atoms with van der Waals surface area (Å²) in [4.78, 5) is 80.5. The van der Waals surface area contributed by atoms with Gasteiger partial charge in [-0.2, -0.15) is 9.58 Å². The minimum absolute atomic E-state index is 0.0620. The summed E-state index contributed by atoms with van der Waals surface area (Å²) in [5.41, 5.74) is 23.2. The van der Waals surface area contributed by atoms with E-state index in [2.05, 4.69) is 34.1 Å². The van der Waals surface area contributed by atoms with Gasteiger partial charge in [-0.15, -0.1) is 0 Å². The molecule has 0 saturated carbocycles. The van der Waals surface area contributed by atoms with E-state index in [4.69, 9.17) is 26.3 Å². The van der Waals surface area contributed by atoms with Crippen molar-refractivity contribution in [2.75, 3.05) is 13.2 Å². The number of unbranched alkanes of at least 4 members (excludes halogenated alkanes) is 10. The zero-order valence-corrected chi connectivity index (χ0v) is 28.7. The first kappa shape index (κ1) is 43.9. The number of rotatable bonds is 30. The summed E-state index contributed by atoms with van der Waals surface area (Å²) in [6.07, 6.45) is 12.0. The van der Waals surface area contributed by atoms with E-state index in [1.807, 2.05) is 0 Å². The van der Waals surface area contributed by atoms with Crippen molar-refractivity contribution < 1.29 is 47.8 Å². The summed E-state index contributed by atoms with van der Waals surface area (Å²) in [6.45, 7) is 4.58. The van der Waals surface area contributed by atoms with Crippen LogP contribution in [0.25, 0.3) is 11.1 Å². The van der Waals surface area contributed by atoms with Crippen LogP contribution in [-0.4, -0.2) is 88.7 Å². The highest BCUT2D eigenvalue weighted by atomic mass is 16.5. The number of nitrogens with zero attached hydrogens (tertiary/aromatic N) is 4. The fourth-order valence-corrected chi connectivity index (χ4v) is 4.61. The van der Waals surface area contributed by atoms with Crippen LogP contribution in [0.4, 0.5) is 0 Å². The van der Waals surface area contributed by atoms with Crippen molar-refractivity contribution in [3.63, 3.8) is 0 Å². The van der Waals surface area contributed by atoms with E-state index < -0.39 is 53.4 Å². The fourth-order valence-electron chi connectivity index (χ4n) is 4.61. The Morgan fingerprint density at radius 3 is 1.58 bits per heavy atom. The highest BCUT2D eigenvalue weighted by Crippen LogP contribution is 2.09. The smallest absolute Gasteiger partial charge is 0.328 e. The van der Waals surface area contributed by atoms with Crippen molar-refractivity contribution in [1.82, 2.24) is 10.6 Å². The Hall–Kier alpha value is -4.06. The summed E-state index contributed by atoms with van der Waals surface area (Å²) in [7, 11) is 0. The summed E-state index contributed by atoms with van der Waals surface area (Å²) in [5, 5.41) is 4.99. The minimum Gasteiger partial charge on any atom is -0.465 e. The number of amides is 2. The van der Waals surface area contributed by atoms with Gasteiger partial charge in [-0.3, -0.25) is 24.0 Å². The van der Waals surface area contributed by atoms with Crippen molar-refractivity contribution >= 4 is 47.7 Å². The number of ether oxygens (including phenoxy) is 2. The molecule has 0 aliphatic rings. The molecule has 0 aromatic heterocycles. The molecule has 48 heavy (non-hydrogen) atoms. The van der Waals surface area contributed by atoms with E-state index in [0.29, 0.717) is 18.9 Å². The molecule has 0 saturated heterocycles. The van der Waals surface area contributed by atoms with Crippen molar-refractivity contribution in [3.05, 3.63) is 11.1 Å². The van der Waals surface area contributed by atoms with Crippen molar-refractivity contribution in [1.29, 1.82) is 0 Å². The SMILES string of the molecule is CCCCCCCCOC(=O)[C@H](CCC(=O)C=[N+]=[N-])NC(=O)[C@H](CCC(=O)C=[N+]=[N-])NC(=O)CC[C@H](N)C(=O)OCCCCCCCC. The second kappa shape index (κ2) is 29.1. The van der Waals surface area contributed by atoms with Crippen LogP contribution >= 0.6 is 0 Å². The lowest BCUT2D eigenvalue weighted by Gasteiger charge is -2.22. The van der Waals surface area contributed by atoms with Gasteiger partial charge in [0, 0.05) is 19.3 Å². The Bertz CT molecular complexity index is 1100. The fraction of sp³-hybridized carbons (Fsp3) is 0.758. The Morgan fingerprint density at radius 2 is 1.08 bits per heavy atom. The van der Waals surface area contributed by atoms with Gasteiger partial charge in [0.1, 0.15) is 18.1 Å². The van der Waals surface area contributed by atoms with E-state index in [9.17, 15) is 28.8 Å². The third-order valence-electron chi connectivity index (χ3n) is 7.48. The average molecular weight is 678 g/mol. The number of nitrogens with one attached hydrogen (secondary N) is 2. The van der Waals surface area contributed by atoms with Gasteiger partial charge in [-0.05, 0) is 32.1 Å². The highest BCUT2D eigenvalue weighted by molar-refractivity contribution is 6.25. The monoisotopic (exact) mass is 677 g/mol. The number of Topliss-reactive ketones (excluding diaryl/α,β-unsaturated/α-hetero) is 2. The van der Waals surface area contributed by atoms with Crippen molar-refractivity contribution in [2.45, 2.75) is 148 Å². The molecule has 15 nitrogen and oxygen atoms in total. The molecule has 0 aromatic rings. The number of nitrogens with two attached hydrogens (primary N) is 1. The Balaban J connectivity index is 5.31. The van der Waals surface area contributed by atoms with Gasteiger partial charge in [0.25, 0.3) is 0 Å². The van der Waals surface area contributed by atoms with Crippen LogP contribution in [0.1, 0.15) is 129 Å². The Kier molecular flexibility index (Phi) is 26.6. The van der Waals surface area contributed by atoms with E-state index in [1.165, 1.54) is 0 Å². The molecule has 15 heteroatoms. The Morgan fingerprint density at radius 1 is 0.625 bits per heavy atom. The number of hydrogen-bond acceptors (Lipinski definition) is 9. The van der Waals surface area contributed by atoms with Crippen LogP contribution in [0, 0.1) is 0 Å². The molecule has 2 amide bonds. The van der Waals surface area contributed by atoms with Crippen LogP contribution < -0.4 is 16.4 Å². The van der Waals surface area contributed by atoms with Crippen LogP contribution in [0.2, 0.25) is 0 Å². The minimum atomic E-state index is -1.31. The van der Waals surface area contributed by atoms with Crippen LogP contribution in [0.15, 0.2) is 0 Å². The summed E-state index contributed by atoms with van der Waals surface area (Å²) in [6, 6.07) is -3.65. The molecule has 0 spiro atoms. The standard InChI is InChI=1S/C33H55N7O8/c1-3-5-7-9-11-13-21-47-32(45)27(34)17-20-30(43)39-28(18-15-25(41)23-37-35)31(44)40-29(19-16-26(42)24-38-36)33(46)48-22-14-12-10-8-6-4-2/h23-24,27-29H,3-22,34H2,1-2H3,(H,39,43)(H,40,44)/t27-,28-,29-/m0/s1. The van der Waals surface area contributed by atoms with Crippen molar-refractivity contribution in [2.24, 2.45) is 5.73 Å². The molecule has 0 aliphatic heterocycles. The maximum Gasteiger partial charge on any atom is 0.328 e. The molecular formula is C33H55N7O8. The number of hydrogen-bond donors (Lipinski definition) is 3. The maximum atomic E-state index is 13.3. The molecule has 270 valence electrons. The van der Waals surface area contributed by atoms with Gasteiger partial charge in [-0.1, -0.05) is 78.1 Å². The lowest BCUT2D eigenvalue weighted by atomic mass is 10.0. The van der Waals surface area contributed by atoms with E-state index in [0.717, 1.165) is 70.6 Å². The normalized spacial score (nSPS) is 12.3. The second-order valence-electron chi connectivity index (χ2n) is 11.7. The number of ketones is 2. The van der Waals surface area contributed by atoms with Gasteiger partial charge in [0.2, 0.25) is 23.4 Å². The summed E-state index contributed by atoms with van der Waals surface area (Å²) < 4.78 is 10.6. The Labute approximate surface area is 283 Å². The van der Waals surface area contributed by atoms with Crippen LogP contribution in [0.5, 0.6) is 0 Å². The predicted molar refractivity (Wildman–Crippen MR) is 178 cm³/mol. The van der Waals surface area contributed by atoms with Gasteiger partial charge >= 0.3 is 24.4 Å². The molecule has 0 rings (SSSR count). The first-order valence-electron chi connectivity index (χ1n) is 17.2. The third kappa shape index (κ3) is 23.3. The molecular weight excluding hydrogens is 622 g/mol. The molecule has 0 aromatic carbocycles. The zero-order chi connectivity index (χ0) is 36.0. The summed E-state index contributed by atoms with van der Waals surface area (Å²) in [5.74, 6) is -4.12. The van der Waals surface area contributed by atoms with E-state index in [-0.39, 0.29) is 51.7 Å². The van der Waals surface area contributed by atoms with Gasteiger partial charge in [0.05, 0.1) is 13.2 Å². The second-order valence-corrected chi connectivity index (χ2v) is 11.7. The van der Waals surface area contributed by atoms with E-state index >= 15 is 0 Å². The molecule has 0 fully saturated rings. The molecule has 0 bridgehead atoms. The highest BCUT2D eigenvalue weighted by Gasteiger charge is 2.29. The molecule has 3 atom stereocenters. The first-order chi connectivity index (χ1) is 23.1. The molecule has 0 aliphatic carbocycles. The van der Waals surface area contributed by atoms with E-state index in [1.54, 1.807) is 0 Å². The van der Waals surface area contributed by atoms with Gasteiger partial charge in [0.15, 0.2) is 0 Å². The quantitative estimate of drug-likeness (QED) is 0.0332. The lowest BCUT2D eigenvalue weighted by molar-refractivity contribution is -0.148. The largest absolute Gasteiger partial charge is 0.465 e. The molecule has 0 unspecified atom stereocenters. The topological polar surface area (TPSA) is 244 Å². The molecule has 0 heterocycles. The number of esters is 2. The lowest BCUT2D eigenvalue weighted by Crippen LogP contribution is -2.52. The molecule has 4 N–H and O–H groups in total.